The van der Waals surface area contributed by atoms with Crippen molar-refractivity contribution >= 4 is 16.9 Å². The van der Waals surface area contributed by atoms with E-state index in [1.807, 2.05) is 24.3 Å². The smallest absolute Gasteiger partial charge is 0.226 e. The minimum atomic E-state index is 0.00631. The molecule has 1 N–H and O–H groups in total. The van der Waals surface area contributed by atoms with Gasteiger partial charge in [-0.25, -0.2) is 0 Å². The van der Waals surface area contributed by atoms with Crippen molar-refractivity contribution in [3.63, 3.8) is 0 Å². The lowest BCUT2D eigenvalue weighted by Gasteiger charge is -2.34. The van der Waals surface area contributed by atoms with Crippen LogP contribution in [0.4, 0.5) is 0 Å². The van der Waals surface area contributed by atoms with Gasteiger partial charge in [0.15, 0.2) is 5.58 Å². The van der Waals surface area contributed by atoms with Gasteiger partial charge in [-0.2, -0.15) is 0 Å². The van der Waals surface area contributed by atoms with Crippen LogP contribution in [0.3, 0.4) is 0 Å². The van der Waals surface area contributed by atoms with Crippen molar-refractivity contribution in [1.82, 2.24) is 20.3 Å². The van der Waals surface area contributed by atoms with Crippen molar-refractivity contribution < 1.29 is 9.32 Å². The highest BCUT2D eigenvalue weighted by atomic mass is 16.5. The van der Waals surface area contributed by atoms with Gasteiger partial charge in [0.25, 0.3) is 0 Å². The maximum Gasteiger partial charge on any atom is 0.226 e. The van der Waals surface area contributed by atoms with Crippen molar-refractivity contribution in [2.45, 2.75) is 26.2 Å². The van der Waals surface area contributed by atoms with E-state index in [-0.39, 0.29) is 12.3 Å². The molecule has 0 atom stereocenters. The highest BCUT2D eigenvalue weighted by Gasteiger charge is 2.16. The van der Waals surface area contributed by atoms with E-state index < -0.39 is 0 Å². The third kappa shape index (κ3) is 5.03. The molecule has 0 unspecified atom stereocenters. The summed E-state index contributed by atoms with van der Waals surface area (Å²) in [5, 5.41) is 7.93. The monoisotopic (exact) mass is 344 g/mol. The molecule has 1 aromatic heterocycles. The van der Waals surface area contributed by atoms with Crippen molar-refractivity contribution in [3.05, 3.63) is 30.0 Å². The number of rotatable bonds is 8. The van der Waals surface area contributed by atoms with Gasteiger partial charge in [0.05, 0.1) is 6.42 Å². The molecule has 2 heterocycles. The number of piperazine rings is 1. The molecule has 25 heavy (non-hydrogen) atoms. The predicted molar refractivity (Wildman–Crippen MR) is 98.5 cm³/mol. The Kier molecular flexibility index (Phi) is 6.42. The number of para-hydroxylation sites is 1. The van der Waals surface area contributed by atoms with Crippen molar-refractivity contribution in [3.8, 4) is 0 Å². The topological polar surface area (TPSA) is 61.6 Å². The molecule has 1 aliphatic heterocycles. The first-order chi connectivity index (χ1) is 12.3. The third-order valence-corrected chi connectivity index (χ3v) is 4.76. The summed E-state index contributed by atoms with van der Waals surface area (Å²) in [4.78, 5) is 17.1. The second kappa shape index (κ2) is 8.97. The van der Waals surface area contributed by atoms with Crippen LogP contribution < -0.4 is 5.32 Å². The zero-order valence-electron chi connectivity index (χ0n) is 15.0. The van der Waals surface area contributed by atoms with E-state index in [0.29, 0.717) is 12.2 Å². The lowest BCUT2D eigenvalue weighted by atomic mass is 10.1. The van der Waals surface area contributed by atoms with Crippen LogP contribution in [0.5, 0.6) is 0 Å². The molecule has 0 saturated carbocycles. The molecule has 1 saturated heterocycles. The summed E-state index contributed by atoms with van der Waals surface area (Å²) in [5.74, 6) is 0.00631. The van der Waals surface area contributed by atoms with Crippen molar-refractivity contribution in [1.29, 1.82) is 0 Å². The minimum Gasteiger partial charge on any atom is -0.356 e. The fraction of sp³-hybridized carbons (Fsp3) is 0.579. The Hall–Kier alpha value is -1.92. The molecular formula is C19H28N4O2. The average molecular weight is 344 g/mol. The summed E-state index contributed by atoms with van der Waals surface area (Å²) in [7, 11) is 0. The van der Waals surface area contributed by atoms with E-state index in [0.717, 1.165) is 37.0 Å². The van der Waals surface area contributed by atoms with Crippen molar-refractivity contribution in [2.24, 2.45) is 0 Å². The number of amides is 1. The SMILES string of the molecule is CCCN1CCN(CCCNC(=O)Cc2noc3ccccc23)CC1. The highest BCUT2D eigenvalue weighted by Crippen LogP contribution is 2.17. The predicted octanol–water partition coefficient (Wildman–Crippen LogP) is 1.90. The maximum atomic E-state index is 12.1. The molecule has 1 aliphatic rings. The second-order valence-electron chi connectivity index (χ2n) is 6.69. The Morgan fingerprint density at radius 2 is 1.88 bits per heavy atom. The molecule has 0 aliphatic carbocycles. The normalized spacial score (nSPS) is 16.4. The Balaban J connectivity index is 1.33. The number of fused-ring (bicyclic) bond motifs is 1. The number of hydrogen-bond acceptors (Lipinski definition) is 5. The zero-order valence-corrected chi connectivity index (χ0v) is 15.0. The fourth-order valence-corrected chi connectivity index (χ4v) is 3.36. The Morgan fingerprint density at radius 1 is 1.16 bits per heavy atom. The van der Waals surface area contributed by atoms with Crippen LogP contribution in [0.25, 0.3) is 11.0 Å². The van der Waals surface area contributed by atoms with Crippen LogP contribution in [-0.4, -0.2) is 66.7 Å². The molecule has 0 spiro atoms. The van der Waals surface area contributed by atoms with Gasteiger partial charge in [0, 0.05) is 38.1 Å². The summed E-state index contributed by atoms with van der Waals surface area (Å²) >= 11 is 0. The Bertz CT molecular complexity index is 677. The number of benzene rings is 1. The Labute approximate surface area is 149 Å². The first-order valence-electron chi connectivity index (χ1n) is 9.31. The quantitative estimate of drug-likeness (QED) is 0.741. The van der Waals surface area contributed by atoms with Crippen LogP contribution in [0, 0.1) is 0 Å². The van der Waals surface area contributed by atoms with E-state index in [1.54, 1.807) is 0 Å². The number of aromatic nitrogens is 1. The molecule has 136 valence electrons. The van der Waals surface area contributed by atoms with E-state index >= 15 is 0 Å². The van der Waals surface area contributed by atoms with Crippen molar-refractivity contribution in [2.75, 3.05) is 45.8 Å². The molecule has 0 bridgehead atoms. The van der Waals surface area contributed by atoms with Crippen LogP contribution in [0.15, 0.2) is 28.8 Å². The van der Waals surface area contributed by atoms with Gasteiger partial charge in [0.2, 0.25) is 5.91 Å². The Morgan fingerprint density at radius 3 is 2.64 bits per heavy atom. The first-order valence-corrected chi connectivity index (χ1v) is 9.31. The van der Waals surface area contributed by atoms with E-state index in [2.05, 4.69) is 27.2 Å². The molecule has 6 nitrogen and oxygen atoms in total. The summed E-state index contributed by atoms with van der Waals surface area (Å²) in [6, 6.07) is 7.64. The standard InChI is InChI=1S/C19H28N4O2/c1-2-9-22-11-13-23(14-12-22)10-5-8-20-19(24)15-17-16-6-3-4-7-18(16)25-21-17/h3-4,6-7H,2,5,8-15H2,1H3,(H,20,24). The van der Waals surface area contributed by atoms with Gasteiger partial charge in [-0.1, -0.05) is 24.2 Å². The molecule has 6 heteroatoms. The van der Waals surface area contributed by atoms with E-state index in [9.17, 15) is 4.79 Å². The average Bonchev–Trinajstić information content (AvgIpc) is 3.03. The number of nitrogens with zero attached hydrogens (tertiary/aromatic N) is 3. The fourth-order valence-electron chi connectivity index (χ4n) is 3.36. The minimum absolute atomic E-state index is 0.00631. The van der Waals surface area contributed by atoms with Crippen LogP contribution in [-0.2, 0) is 11.2 Å². The molecule has 0 radical (unpaired) electrons. The summed E-state index contributed by atoms with van der Waals surface area (Å²) in [5.41, 5.74) is 1.44. The first kappa shape index (κ1) is 17.9. The highest BCUT2D eigenvalue weighted by molar-refractivity contribution is 5.86. The van der Waals surface area contributed by atoms with Gasteiger partial charge in [0.1, 0.15) is 5.69 Å². The number of carbonyl (C=O) groups is 1. The molecule has 3 rings (SSSR count). The van der Waals surface area contributed by atoms with Crippen LogP contribution >= 0.6 is 0 Å². The molecule has 1 amide bonds. The van der Waals surface area contributed by atoms with Crippen LogP contribution in [0.1, 0.15) is 25.5 Å². The third-order valence-electron chi connectivity index (χ3n) is 4.76. The lowest BCUT2D eigenvalue weighted by molar-refractivity contribution is -0.120. The lowest BCUT2D eigenvalue weighted by Crippen LogP contribution is -2.47. The van der Waals surface area contributed by atoms with E-state index in [4.69, 9.17) is 4.52 Å². The van der Waals surface area contributed by atoms with Gasteiger partial charge < -0.3 is 19.6 Å². The molecule has 1 aromatic carbocycles. The largest absolute Gasteiger partial charge is 0.356 e. The number of carbonyl (C=O) groups excluding carboxylic acids is 1. The molecule has 1 fully saturated rings. The van der Waals surface area contributed by atoms with E-state index in [1.165, 1.54) is 26.1 Å². The van der Waals surface area contributed by atoms with Gasteiger partial charge >= 0.3 is 0 Å². The summed E-state index contributed by atoms with van der Waals surface area (Å²) < 4.78 is 5.24. The summed E-state index contributed by atoms with van der Waals surface area (Å²) in [6.07, 6.45) is 2.48. The van der Waals surface area contributed by atoms with Gasteiger partial charge in [-0.15, -0.1) is 0 Å². The second-order valence-corrected chi connectivity index (χ2v) is 6.69. The number of hydrogen-bond donors (Lipinski definition) is 1. The van der Waals surface area contributed by atoms with Gasteiger partial charge in [-0.3, -0.25) is 4.79 Å². The zero-order chi connectivity index (χ0) is 17.5. The number of nitrogens with one attached hydrogen (secondary N) is 1. The van der Waals surface area contributed by atoms with Crippen LogP contribution in [0.2, 0.25) is 0 Å². The summed E-state index contributed by atoms with van der Waals surface area (Å²) in [6.45, 7) is 9.81. The van der Waals surface area contributed by atoms with Gasteiger partial charge in [-0.05, 0) is 38.1 Å². The molecule has 2 aromatic rings. The molecular weight excluding hydrogens is 316 g/mol. The maximum absolute atomic E-state index is 12.1.